The average Bonchev–Trinajstić information content (AvgIpc) is 2.59. The highest BCUT2D eigenvalue weighted by Crippen LogP contribution is 2.15. The number of urea groups is 1. The number of ether oxygens (including phenoxy) is 2. The molecule has 0 fully saturated rings. The molecule has 1 aliphatic heterocycles. The Bertz CT molecular complexity index is 694. The minimum atomic E-state index is -0.555. The summed E-state index contributed by atoms with van der Waals surface area (Å²) in [4.78, 5) is 35.9. The zero-order valence-corrected chi connectivity index (χ0v) is 14.5. The van der Waals surface area contributed by atoms with E-state index in [2.05, 4.69) is 10.6 Å². The van der Waals surface area contributed by atoms with Crippen molar-refractivity contribution in [1.29, 1.82) is 0 Å². The van der Waals surface area contributed by atoms with Gasteiger partial charge in [0.25, 0.3) is 0 Å². The number of rotatable bonds is 6. The predicted octanol–water partition coefficient (Wildman–Crippen LogP) is 1.92. The molecule has 0 saturated carbocycles. The fourth-order valence-corrected chi connectivity index (χ4v) is 2.49. The van der Waals surface area contributed by atoms with Gasteiger partial charge in [0.2, 0.25) is 0 Å². The summed E-state index contributed by atoms with van der Waals surface area (Å²) in [6.45, 7) is 5.37. The van der Waals surface area contributed by atoms with Crippen molar-refractivity contribution in [1.82, 2.24) is 10.6 Å². The molecule has 1 aromatic carbocycles. The van der Waals surface area contributed by atoms with Crippen molar-refractivity contribution in [3.63, 3.8) is 0 Å². The Morgan fingerprint density at radius 3 is 2.36 bits per heavy atom. The average molecular weight is 346 g/mol. The Balaban J connectivity index is 2.13. The van der Waals surface area contributed by atoms with Crippen molar-refractivity contribution < 1.29 is 23.9 Å². The molecular weight excluding hydrogens is 324 g/mol. The van der Waals surface area contributed by atoms with Crippen LogP contribution in [0.25, 0.3) is 0 Å². The number of nitrogens with one attached hydrogen (secondary N) is 2. The van der Waals surface area contributed by atoms with Crippen LogP contribution in [0.5, 0.6) is 0 Å². The zero-order chi connectivity index (χ0) is 18.4. The number of benzene rings is 1. The summed E-state index contributed by atoms with van der Waals surface area (Å²) in [6.07, 6.45) is 0.877. The molecule has 25 heavy (non-hydrogen) atoms. The number of amides is 2. The van der Waals surface area contributed by atoms with Crippen LogP contribution in [0.15, 0.2) is 35.5 Å². The fourth-order valence-electron chi connectivity index (χ4n) is 2.49. The maximum Gasteiger partial charge on any atom is 0.338 e. The lowest BCUT2D eigenvalue weighted by atomic mass is 10.0. The minimum absolute atomic E-state index is 0.208. The number of carbonyl (C=O) groups excluding carboxylic acids is 3. The summed E-state index contributed by atoms with van der Waals surface area (Å²) in [6, 6.07) is 6.09. The van der Waals surface area contributed by atoms with Crippen LogP contribution in [0.3, 0.4) is 0 Å². The highest BCUT2D eigenvalue weighted by Gasteiger charge is 2.30. The van der Waals surface area contributed by atoms with E-state index >= 15 is 0 Å². The maximum atomic E-state index is 12.2. The van der Waals surface area contributed by atoms with E-state index in [4.69, 9.17) is 9.47 Å². The van der Waals surface area contributed by atoms with Gasteiger partial charge in [0.05, 0.1) is 29.5 Å². The lowest BCUT2D eigenvalue weighted by molar-refractivity contribution is -0.139. The van der Waals surface area contributed by atoms with Crippen LogP contribution < -0.4 is 10.6 Å². The van der Waals surface area contributed by atoms with E-state index in [0.717, 1.165) is 12.0 Å². The number of esters is 2. The highest BCUT2D eigenvalue weighted by molar-refractivity contribution is 5.95. The second-order valence-corrected chi connectivity index (χ2v) is 5.56. The van der Waals surface area contributed by atoms with E-state index in [1.54, 1.807) is 26.0 Å². The summed E-state index contributed by atoms with van der Waals surface area (Å²) < 4.78 is 10.3. The highest BCUT2D eigenvalue weighted by atomic mass is 16.5. The van der Waals surface area contributed by atoms with Crippen molar-refractivity contribution in [3.05, 3.63) is 46.7 Å². The molecule has 1 aromatic rings. The lowest BCUT2D eigenvalue weighted by Crippen LogP contribution is -2.50. The second-order valence-electron chi connectivity index (χ2n) is 5.56. The van der Waals surface area contributed by atoms with Crippen molar-refractivity contribution in [3.8, 4) is 0 Å². The molecule has 0 unspecified atom stereocenters. The predicted molar refractivity (Wildman–Crippen MR) is 90.9 cm³/mol. The largest absolute Gasteiger partial charge is 0.463 e. The molecule has 0 spiro atoms. The monoisotopic (exact) mass is 346 g/mol. The molecule has 1 heterocycles. The van der Waals surface area contributed by atoms with Crippen LogP contribution in [-0.4, -0.2) is 37.2 Å². The zero-order valence-electron chi connectivity index (χ0n) is 14.5. The Hall–Kier alpha value is -2.83. The van der Waals surface area contributed by atoms with Crippen molar-refractivity contribution in [2.75, 3.05) is 13.2 Å². The van der Waals surface area contributed by atoms with E-state index < -0.39 is 24.0 Å². The number of carbonyl (C=O) groups is 3. The van der Waals surface area contributed by atoms with Crippen LogP contribution >= 0.6 is 0 Å². The van der Waals surface area contributed by atoms with Gasteiger partial charge in [-0.05, 0) is 38.0 Å². The van der Waals surface area contributed by atoms with Crippen molar-refractivity contribution in [2.45, 2.75) is 33.2 Å². The van der Waals surface area contributed by atoms with Gasteiger partial charge < -0.3 is 20.1 Å². The first-order valence-electron chi connectivity index (χ1n) is 8.20. The van der Waals surface area contributed by atoms with Crippen molar-refractivity contribution >= 4 is 18.0 Å². The number of hydrogen-bond acceptors (Lipinski definition) is 5. The maximum absolute atomic E-state index is 12.2. The van der Waals surface area contributed by atoms with E-state index in [-0.39, 0.29) is 24.5 Å². The Morgan fingerprint density at radius 1 is 1.08 bits per heavy atom. The third kappa shape index (κ3) is 4.59. The molecule has 1 atom stereocenters. The van der Waals surface area contributed by atoms with Crippen LogP contribution in [0.2, 0.25) is 0 Å². The van der Waals surface area contributed by atoms with E-state index in [9.17, 15) is 14.4 Å². The van der Waals surface area contributed by atoms with Gasteiger partial charge in [-0.2, -0.15) is 0 Å². The molecule has 0 radical (unpaired) electrons. The van der Waals surface area contributed by atoms with Gasteiger partial charge in [-0.3, -0.25) is 0 Å². The molecule has 7 nitrogen and oxygen atoms in total. The molecule has 7 heteroatoms. The third-order valence-electron chi connectivity index (χ3n) is 3.81. The molecule has 0 saturated heterocycles. The van der Waals surface area contributed by atoms with E-state index in [0.29, 0.717) is 5.56 Å². The van der Waals surface area contributed by atoms with Gasteiger partial charge in [-0.15, -0.1) is 0 Å². The summed E-state index contributed by atoms with van der Waals surface area (Å²) in [5, 5.41) is 5.09. The first kappa shape index (κ1) is 18.5. The van der Waals surface area contributed by atoms with Gasteiger partial charge in [-0.25, -0.2) is 14.4 Å². The molecule has 134 valence electrons. The third-order valence-corrected chi connectivity index (χ3v) is 3.81. The van der Waals surface area contributed by atoms with Crippen LogP contribution in [-0.2, 0) is 20.7 Å². The van der Waals surface area contributed by atoms with Crippen LogP contribution in [0, 0.1) is 0 Å². The second kappa shape index (κ2) is 8.32. The summed E-state index contributed by atoms with van der Waals surface area (Å²) in [5.41, 5.74) is 2.00. The Morgan fingerprint density at radius 2 is 1.76 bits per heavy atom. The Labute approximate surface area is 146 Å². The topological polar surface area (TPSA) is 93.7 Å². The molecular formula is C18H22N2O5. The minimum Gasteiger partial charge on any atom is -0.463 e. The smallest absolute Gasteiger partial charge is 0.338 e. The molecule has 2 N–H and O–H groups in total. The van der Waals surface area contributed by atoms with Crippen molar-refractivity contribution in [2.24, 2.45) is 0 Å². The normalized spacial score (nSPS) is 16.8. The molecule has 2 amide bonds. The SMILES string of the molecule is CCOC(=O)C1=C(COC(=O)c2ccc(CC)cc2)NC(=O)N[C@@H]1C. The van der Waals surface area contributed by atoms with Crippen LogP contribution in [0.1, 0.15) is 36.7 Å². The van der Waals surface area contributed by atoms with E-state index in [1.165, 1.54) is 0 Å². The molecule has 0 aromatic heterocycles. The lowest BCUT2D eigenvalue weighted by Gasteiger charge is -2.26. The summed E-state index contributed by atoms with van der Waals surface area (Å²) in [5.74, 6) is -1.08. The van der Waals surface area contributed by atoms with Crippen LogP contribution in [0.4, 0.5) is 4.79 Å². The van der Waals surface area contributed by atoms with Gasteiger partial charge in [0, 0.05) is 0 Å². The first-order valence-corrected chi connectivity index (χ1v) is 8.20. The summed E-state index contributed by atoms with van der Waals surface area (Å²) >= 11 is 0. The summed E-state index contributed by atoms with van der Waals surface area (Å²) in [7, 11) is 0. The Kier molecular flexibility index (Phi) is 6.16. The van der Waals surface area contributed by atoms with Gasteiger partial charge >= 0.3 is 18.0 Å². The standard InChI is InChI=1S/C18H22N2O5/c1-4-12-6-8-13(9-7-12)16(21)25-10-14-15(17(22)24-5-2)11(3)19-18(23)20-14/h6-9,11H,4-5,10H2,1-3H3,(H2,19,20,23)/t11-/m1/s1. The number of hydrogen-bond donors (Lipinski definition) is 2. The fraction of sp³-hybridized carbons (Fsp3) is 0.389. The quantitative estimate of drug-likeness (QED) is 0.768. The molecule has 0 aliphatic carbocycles. The van der Waals surface area contributed by atoms with Gasteiger partial charge in [0.15, 0.2) is 0 Å². The van der Waals surface area contributed by atoms with Gasteiger partial charge in [0.1, 0.15) is 6.61 Å². The van der Waals surface area contributed by atoms with Gasteiger partial charge in [-0.1, -0.05) is 19.1 Å². The molecule has 1 aliphatic rings. The first-order chi connectivity index (χ1) is 12.0. The van der Waals surface area contributed by atoms with E-state index in [1.807, 2.05) is 19.1 Å². The number of aryl methyl sites for hydroxylation is 1. The molecule has 0 bridgehead atoms. The molecule has 2 rings (SSSR count).